The van der Waals surface area contributed by atoms with Gasteiger partial charge in [0, 0.05) is 42.0 Å². The van der Waals surface area contributed by atoms with E-state index in [1.165, 1.54) is 0 Å². The van der Waals surface area contributed by atoms with Crippen molar-refractivity contribution in [1.82, 2.24) is 9.97 Å². The Morgan fingerprint density at radius 1 is 1.16 bits per heavy atom. The summed E-state index contributed by atoms with van der Waals surface area (Å²) in [5.74, 6) is -0.185. The summed E-state index contributed by atoms with van der Waals surface area (Å²) in [5, 5.41) is 0.0769. The second kappa shape index (κ2) is 8.24. The van der Waals surface area contributed by atoms with E-state index < -0.39 is 14.1 Å². The maximum atomic E-state index is 15.3. The van der Waals surface area contributed by atoms with Crippen LogP contribution in [0.5, 0.6) is 0 Å². The molecular weight excluding hydrogens is 413 g/mol. The lowest BCUT2D eigenvalue weighted by Gasteiger charge is -2.36. The van der Waals surface area contributed by atoms with Crippen molar-refractivity contribution in [3.63, 3.8) is 0 Å². The molecule has 4 rings (SSSR count). The Balaban J connectivity index is 1.48. The van der Waals surface area contributed by atoms with Gasteiger partial charge in [0.05, 0.1) is 26.4 Å². The average Bonchev–Trinajstić information content (AvgIpc) is 3.36. The van der Waals surface area contributed by atoms with Crippen molar-refractivity contribution < 1.29 is 18.3 Å². The zero-order valence-corrected chi connectivity index (χ0v) is 20.1. The van der Waals surface area contributed by atoms with Crippen LogP contribution >= 0.6 is 0 Å². The zero-order chi connectivity index (χ0) is 22.3. The maximum absolute atomic E-state index is 15.3. The van der Waals surface area contributed by atoms with E-state index in [1.807, 2.05) is 6.07 Å². The van der Waals surface area contributed by atoms with Crippen LogP contribution in [0, 0.1) is 5.82 Å². The molecule has 1 aromatic carbocycles. The molecule has 0 saturated carbocycles. The van der Waals surface area contributed by atoms with Crippen LogP contribution in [-0.4, -0.2) is 50.4 Å². The van der Waals surface area contributed by atoms with Crippen LogP contribution in [0.4, 0.5) is 10.3 Å². The number of anilines is 1. The number of benzene rings is 1. The van der Waals surface area contributed by atoms with Gasteiger partial charge in [0.1, 0.15) is 5.82 Å². The molecule has 0 unspecified atom stereocenters. The molecule has 1 spiro atoms. The average molecular weight is 446 g/mol. The number of ether oxygens (including phenoxy) is 2. The van der Waals surface area contributed by atoms with Crippen LogP contribution < -0.4 is 4.90 Å². The molecule has 168 valence electrons. The predicted molar refractivity (Wildman–Crippen MR) is 121 cm³/mol. The minimum absolute atomic E-state index is 0.0769. The minimum atomic E-state index is -1.96. The Morgan fingerprint density at radius 3 is 2.48 bits per heavy atom. The Hall–Kier alpha value is -1.87. The van der Waals surface area contributed by atoms with E-state index in [0.29, 0.717) is 42.4 Å². The lowest BCUT2D eigenvalue weighted by molar-refractivity contribution is -0.138. The third-order valence-corrected chi connectivity index (χ3v) is 11.2. The fourth-order valence-corrected chi connectivity index (χ4v) is 4.62. The van der Waals surface area contributed by atoms with Crippen LogP contribution in [0.3, 0.4) is 0 Å². The lowest BCUT2D eigenvalue weighted by atomic mass is 10.1. The molecule has 3 heterocycles. The Kier molecular flexibility index (Phi) is 5.93. The van der Waals surface area contributed by atoms with E-state index in [2.05, 4.69) is 48.7 Å². The van der Waals surface area contributed by atoms with E-state index in [1.54, 1.807) is 24.5 Å². The summed E-state index contributed by atoms with van der Waals surface area (Å²) >= 11 is 0. The SMILES string of the molecule is CC(C)(C)[Si](C)(C)OCc1cccc(-c2cnc(N3CCC4(C3)OCCO4)nc2)c1F. The quantitative estimate of drug-likeness (QED) is 0.619. The van der Waals surface area contributed by atoms with Crippen LogP contribution in [-0.2, 0) is 20.5 Å². The molecule has 0 bridgehead atoms. The summed E-state index contributed by atoms with van der Waals surface area (Å²) in [5.41, 5.74) is 1.70. The van der Waals surface area contributed by atoms with Crippen molar-refractivity contribution in [3.8, 4) is 11.1 Å². The summed E-state index contributed by atoms with van der Waals surface area (Å²) < 4.78 is 33.0. The van der Waals surface area contributed by atoms with Gasteiger partial charge >= 0.3 is 0 Å². The lowest BCUT2D eigenvalue weighted by Crippen LogP contribution is -2.40. The highest BCUT2D eigenvalue weighted by atomic mass is 28.4. The summed E-state index contributed by atoms with van der Waals surface area (Å²) in [6.45, 7) is 13.8. The van der Waals surface area contributed by atoms with Crippen LogP contribution in [0.15, 0.2) is 30.6 Å². The highest BCUT2D eigenvalue weighted by Crippen LogP contribution is 2.37. The van der Waals surface area contributed by atoms with Crippen molar-refractivity contribution in [2.24, 2.45) is 0 Å². The highest BCUT2D eigenvalue weighted by Gasteiger charge is 2.44. The summed E-state index contributed by atoms with van der Waals surface area (Å²) in [7, 11) is -1.96. The standard InChI is InChI=1S/C23H32FN3O3Si/c1-22(2,3)31(4,5)30-15-17-7-6-8-19(20(17)24)18-13-25-21(26-14-18)27-10-9-23(16-27)28-11-12-29-23/h6-8,13-14H,9-12,15-16H2,1-5H3. The maximum Gasteiger partial charge on any atom is 0.225 e. The van der Waals surface area contributed by atoms with Crippen molar-refractivity contribution in [2.75, 3.05) is 31.2 Å². The molecule has 0 radical (unpaired) electrons. The number of nitrogens with zero attached hydrogens (tertiary/aromatic N) is 3. The van der Waals surface area contributed by atoms with E-state index in [4.69, 9.17) is 13.9 Å². The fourth-order valence-electron chi connectivity index (χ4n) is 3.67. The molecule has 2 fully saturated rings. The second-order valence-electron chi connectivity index (χ2n) is 9.88. The first kappa shape index (κ1) is 22.3. The van der Waals surface area contributed by atoms with Gasteiger partial charge in [-0.15, -0.1) is 0 Å². The van der Waals surface area contributed by atoms with Gasteiger partial charge in [-0.2, -0.15) is 0 Å². The van der Waals surface area contributed by atoms with Crippen LogP contribution in [0.1, 0.15) is 32.8 Å². The van der Waals surface area contributed by atoms with E-state index >= 15 is 4.39 Å². The molecule has 0 N–H and O–H groups in total. The molecule has 0 amide bonds. The summed E-state index contributed by atoms with van der Waals surface area (Å²) in [6.07, 6.45) is 4.16. The van der Waals surface area contributed by atoms with Gasteiger partial charge in [-0.25, -0.2) is 14.4 Å². The van der Waals surface area contributed by atoms with E-state index in [0.717, 1.165) is 13.0 Å². The van der Waals surface area contributed by atoms with Gasteiger partial charge in [0.2, 0.25) is 5.95 Å². The molecule has 6 nitrogen and oxygen atoms in total. The molecule has 2 saturated heterocycles. The predicted octanol–water partition coefficient (Wildman–Crippen LogP) is 4.76. The Bertz CT molecular complexity index is 925. The number of hydrogen-bond acceptors (Lipinski definition) is 6. The zero-order valence-electron chi connectivity index (χ0n) is 19.1. The second-order valence-corrected chi connectivity index (χ2v) is 14.7. The Morgan fingerprint density at radius 2 is 1.84 bits per heavy atom. The molecule has 0 atom stereocenters. The smallest absolute Gasteiger partial charge is 0.225 e. The molecule has 2 aliphatic heterocycles. The number of hydrogen-bond donors (Lipinski definition) is 0. The molecule has 31 heavy (non-hydrogen) atoms. The fraction of sp³-hybridized carbons (Fsp3) is 0.565. The van der Waals surface area contributed by atoms with Crippen molar-refractivity contribution in [3.05, 3.63) is 42.0 Å². The topological polar surface area (TPSA) is 56.7 Å². The minimum Gasteiger partial charge on any atom is -0.412 e. The number of rotatable bonds is 5. The Labute approximate surface area is 184 Å². The van der Waals surface area contributed by atoms with Gasteiger partial charge in [-0.3, -0.25) is 0 Å². The van der Waals surface area contributed by atoms with Crippen molar-refractivity contribution in [1.29, 1.82) is 0 Å². The van der Waals surface area contributed by atoms with Crippen LogP contribution in [0.2, 0.25) is 18.1 Å². The van der Waals surface area contributed by atoms with Crippen molar-refractivity contribution in [2.45, 2.75) is 57.7 Å². The first-order valence-electron chi connectivity index (χ1n) is 10.9. The number of aromatic nitrogens is 2. The largest absolute Gasteiger partial charge is 0.412 e. The third kappa shape index (κ3) is 4.53. The van der Waals surface area contributed by atoms with Gasteiger partial charge < -0.3 is 18.8 Å². The summed E-state index contributed by atoms with van der Waals surface area (Å²) in [6, 6.07) is 5.40. The summed E-state index contributed by atoms with van der Waals surface area (Å²) in [4.78, 5) is 11.0. The normalized spacial score (nSPS) is 18.8. The molecular formula is C23H32FN3O3Si. The first-order chi connectivity index (χ1) is 14.6. The molecule has 8 heteroatoms. The monoisotopic (exact) mass is 445 g/mol. The van der Waals surface area contributed by atoms with Gasteiger partial charge in [-0.1, -0.05) is 39.0 Å². The molecule has 1 aromatic heterocycles. The van der Waals surface area contributed by atoms with Crippen LogP contribution in [0.25, 0.3) is 11.1 Å². The molecule has 2 aromatic rings. The molecule has 0 aliphatic carbocycles. The third-order valence-electron chi connectivity index (χ3n) is 6.71. The first-order valence-corrected chi connectivity index (χ1v) is 13.8. The van der Waals surface area contributed by atoms with Crippen molar-refractivity contribution >= 4 is 14.3 Å². The van der Waals surface area contributed by atoms with E-state index in [-0.39, 0.29) is 17.5 Å². The van der Waals surface area contributed by atoms with E-state index in [9.17, 15) is 0 Å². The van der Waals surface area contributed by atoms with Gasteiger partial charge in [0.15, 0.2) is 14.1 Å². The highest BCUT2D eigenvalue weighted by molar-refractivity contribution is 6.74. The molecule has 2 aliphatic rings. The van der Waals surface area contributed by atoms with Gasteiger partial charge in [0.25, 0.3) is 0 Å². The number of halogens is 1. The van der Waals surface area contributed by atoms with Gasteiger partial charge in [-0.05, 0) is 18.1 Å².